The molecule has 0 radical (unpaired) electrons. The number of nitrogens with zero attached hydrogens (tertiary/aromatic N) is 2. The number of aliphatic imine (C=N–C) groups is 1. The Morgan fingerprint density at radius 2 is 1.96 bits per heavy atom. The Kier molecular flexibility index (Phi) is 8.57. The number of guanidine groups is 1. The number of carbonyl (C=O) groups excluding carboxylic acids is 2. The van der Waals surface area contributed by atoms with Crippen LogP contribution in [0, 0.1) is 6.92 Å². The van der Waals surface area contributed by atoms with Gasteiger partial charge in [0.25, 0.3) is 0 Å². The first-order chi connectivity index (χ1) is 13.0. The van der Waals surface area contributed by atoms with Crippen molar-refractivity contribution in [3.05, 3.63) is 28.2 Å². The Morgan fingerprint density at radius 3 is 2.67 bits per heavy atom. The normalized spacial score (nSPS) is 14.2. The number of carbonyl (C=O) groups is 2. The zero-order valence-electron chi connectivity index (χ0n) is 16.0. The smallest absolute Gasteiger partial charge is 0.244 e. The number of rotatable bonds is 7. The highest BCUT2D eigenvalue weighted by atomic mass is 79.9. The second kappa shape index (κ2) is 10.9. The Morgan fingerprint density at radius 1 is 1.22 bits per heavy atom. The summed E-state index contributed by atoms with van der Waals surface area (Å²) in [5, 5.41) is 9.12. The van der Waals surface area contributed by atoms with E-state index >= 15 is 0 Å². The number of nitrogens with one attached hydrogen (secondary N) is 3. The highest BCUT2D eigenvalue weighted by molar-refractivity contribution is 9.10. The van der Waals surface area contributed by atoms with Crippen LogP contribution in [-0.2, 0) is 9.59 Å². The Labute approximate surface area is 169 Å². The molecule has 1 aliphatic rings. The standard InChI is InChI=1S/C19H28BrN5O2/c1-3-21-19(23-13-18(27)25-10-4-5-11-25)22-9-8-17(26)24-16-12-15(20)7-6-14(16)2/h6-7,12H,3-5,8-11,13H2,1-2H3,(H,24,26)(H2,21,22,23). The first-order valence-corrected chi connectivity index (χ1v) is 10.1. The summed E-state index contributed by atoms with van der Waals surface area (Å²) in [6.07, 6.45) is 2.44. The third-order valence-corrected chi connectivity index (χ3v) is 4.79. The molecule has 2 amide bonds. The second-order valence-electron chi connectivity index (χ2n) is 6.47. The molecule has 0 atom stereocenters. The molecule has 1 fully saturated rings. The molecule has 0 bridgehead atoms. The Bertz CT molecular complexity index is 687. The van der Waals surface area contributed by atoms with Crippen molar-refractivity contribution in [2.75, 3.05) is 38.0 Å². The van der Waals surface area contributed by atoms with Gasteiger partial charge in [0, 0.05) is 42.8 Å². The van der Waals surface area contributed by atoms with Gasteiger partial charge in [-0.2, -0.15) is 0 Å². The second-order valence-corrected chi connectivity index (χ2v) is 7.38. The number of anilines is 1. The predicted molar refractivity (Wildman–Crippen MR) is 112 cm³/mol. The minimum absolute atomic E-state index is 0.0487. The van der Waals surface area contributed by atoms with Crippen LogP contribution in [0.5, 0.6) is 0 Å². The van der Waals surface area contributed by atoms with E-state index in [9.17, 15) is 9.59 Å². The largest absolute Gasteiger partial charge is 0.357 e. The molecule has 1 aliphatic heterocycles. The van der Waals surface area contributed by atoms with Gasteiger partial charge in [0.2, 0.25) is 11.8 Å². The molecule has 3 N–H and O–H groups in total. The lowest BCUT2D eigenvalue weighted by Gasteiger charge is -2.15. The molecule has 2 rings (SSSR count). The molecule has 0 saturated carbocycles. The molecule has 7 nitrogen and oxygen atoms in total. The average Bonchev–Trinajstić information content (AvgIpc) is 3.17. The summed E-state index contributed by atoms with van der Waals surface area (Å²) in [5.41, 5.74) is 1.81. The van der Waals surface area contributed by atoms with Crippen LogP contribution in [0.1, 0.15) is 31.7 Å². The maximum Gasteiger partial charge on any atom is 0.244 e. The molecule has 0 aromatic heterocycles. The third kappa shape index (κ3) is 7.21. The van der Waals surface area contributed by atoms with E-state index < -0.39 is 0 Å². The number of hydrogen-bond acceptors (Lipinski definition) is 3. The molecule has 1 saturated heterocycles. The third-order valence-electron chi connectivity index (χ3n) is 4.29. The molecule has 27 heavy (non-hydrogen) atoms. The fourth-order valence-electron chi connectivity index (χ4n) is 2.79. The van der Waals surface area contributed by atoms with Gasteiger partial charge in [-0.15, -0.1) is 0 Å². The number of aryl methyl sites for hydroxylation is 1. The summed E-state index contributed by atoms with van der Waals surface area (Å²) in [5.74, 6) is 0.525. The van der Waals surface area contributed by atoms with Gasteiger partial charge >= 0.3 is 0 Å². The summed E-state index contributed by atoms with van der Waals surface area (Å²) >= 11 is 3.41. The van der Waals surface area contributed by atoms with Crippen molar-refractivity contribution in [1.82, 2.24) is 15.5 Å². The summed E-state index contributed by atoms with van der Waals surface area (Å²) in [7, 11) is 0. The minimum Gasteiger partial charge on any atom is -0.357 e. The van der Waals surface area contributed by atoms with Crippen LogP contribution < -0.4 is 16.0 Å². The molecule has 148 valence electrons. The molecule has 0 spiro atoms. The van der Waals surface area contributed by atoms with E-state index in [4.69, 9.17) is 0 Å². The van der Waals surface area contributed by atoms with E-state index in [-0.39, 0.29) is 18.4 Å². The fourth-order valence-corrected chi connectivity index (χ4v) is 3.15. The minimum atomic E-state index is -0.0762. The fraction of sp³-hybridized carbons (Fsp3) is 0.526. The molecule has 0 unspecified atom stereocenters. The van der Waals surface area contributed by atoms with Gasteiger partial charge in [0.05, 0.1) is 0 Å². The summed E-state index contributed by atoms with van der Waals surface area (Å²) in [4.78, 5) is 30.4. The van der Waals surface area contributed by atoms with E-state index in [1.807, 2.05) is 36.9 Å². The molecular weight excluding hydrogens is 410 g/mol. The van der Waals surface area contributed by atoms with E-state index in [0.717, 1.165) is 41.7 Å². The maximum atomic E-state index is 12.2. The van der Waals surface area contributed by atoms with Gasteiger partial charge in [0.15, 0.2) is 5.96 Å². The number of likely N-dealkylation sites (tertiary alicyclic amines) is 1. The number of halogens is 1. The lowest BCUT2D eigenvalue weighted by molar-refractivity contribution is -0.128. The predicted octanol–water partition coefficient (Wildman–Crippen LogP) is 2.26. The van der Waals surface area contributed by atoms with Gasteiger partial charge in [-0.25, -0.2) is 4.99 Å². The topological polar surface area (TPSA) is 85.8 Å². The van der Waals surface area contributed by atoms with Crippen LogP contribution >= 0.6 is 15.9 Å². The highest BCUT2D eigenvalue weighted by Gasteiger charge is 2.17. The van der Waals surface area contributed by atoms with E-state index in [2.05, 4.69) is 36.9 Å². The zero-order valence-corrected chi connectivity index (χ0v) is 17.6. The number of benzene rings is 1. The van der Waals surface area contributed by atoms with Crippen molar-refractivity contribution in [1.29, 1.82) is 0 Å². The van der Waals surface area contributed by atoms with Crippen LogP contribution in [0.2, 0.25) is 0 Å². The van der Waals surface area contributed by atoms with Gasteiger partial charge in [-0.05, 0) is 44.4 Å². The van der Waals surface area contributed by atoms with Gasteiger partial charge in [-0.1, -0.05) is 22.0 Å². The van der Waals surface area contributed by atoms with Crippen molar-refractivity contribution in [2.24, 2.45) is 4.99 Å². The van der Waals surface area contributed by atoms with Crippen molar-refractivity contribution < 1.29 is 9.59 Å². The molecule has 8 heteroatoms. The summed E-state index contributed by atoms with van der Waals surface area (Å²) < 4.78 is 0.922. The molecule has 1 aromatic rings. The number of amides is 2. The van der Waals surface area contributed by atoms with Gasteiger partial charge < -0.3 is 20.9 Å². The van der Waals surface area contributed by atoms with E-state index in [1.165, 1.54) is 0 Å². The van der Waals surface area contributed by atoms with Crippen molar-refractivity contribution >= 4 is 39.4 Å². The number of hydrogen-bond donors (Lipinski definition) is 3. The van der Waals surface area contributed by atoms with Crippen molar-refractivity contribution in [3.63, 3.8) is 0 Å². The van der Waals surface area contributed by atoms with Crippen molar-refractivity contribution in [2.45, 2.75) is 33.1 Å². The van der Waals surface area contributed by atoms with Gasteiger partial charge in [0.1, 0.15) is 6.54 Å². The van der Waals surface area contributed by atoms with Crippen LogP contribution in [0.15, 0.2) is 27.7 Å². The Hall–Kier alpha value is -2.09. The van der Waals surface area contributed by atoms with Crippen LogP contribution in [-0.4, -0.2) is 55.4 Å². The van der Waals surface area contributed by atoms with E-state index in [1.54, 1.807) is 0 Å². The monoisotopic (exact) mass is 437 g/mol. The van der Waals surface area contributed by atoms with Crippen molar-refractivity contribution in [3.8, 4) is 0 Å². The molecule has 1 heterocycles. The molecular formula is C19H28BrN5O2. The molecule has 1 aromatic carbocycles. The van der Waals surface area contributed by atoms with Crippen LogP contribution in [0.3, 0.4) is 0 Å². The Balaban J connectivity index is 1.79. The van der Waals surface area contributed by atoms with Crippen LogP contribution in [0.25, 0.3) is 0 Å². The first-order valence-electron chi connectivity index (χ1n) is 9.35. The van der Waals surface area contributed by atoms with Crippen LogP contribution in [0.4, 0.5) is 5.69 Å². The molecule has 0 aliphatic carbocycles. The SMILES string of the molecule is CCNC(=NCC(=O)N1CCCC1)NCCC(=O)Nc1cc(Br)ccc1C. The summed E-state index contributed by atoms with van der Waals surface area (Å²) in [6.45, 7) is 6.81. The van der Waals surface area contributed by atoms with E-state index in [0.29, 0.717) is 25.5 Å². The van der Waals surface area contributed by atoms with Gasteiger partial charge in [-0.3, -0.25) is 9.59 Å². The maximum absolute atomic E-state index is 12.2. The first kappa shape index (κ1) is 21.2. The zero-order chi connectivity index (χ0) is 19.6. The quantitative estimate of drug-likeness (QED) is 0.451. The summed E-state index contributed by atoms with van der Waals surface area (Å²) in [6, 6.07) is 5.77. The lowest BCUT2D eigenvalue weighted by Crippen LogP contribution is -2.40. The average molecular weight is 438 g/mol. The lowest BCUT2D eigenvalue weighted by atomic mass is 10.2. The highest BCUT2D eigenvalue weighted by Crippen LogP contribution is 2.20.